The fraction of sp³-hybridized carbons (Fsp3) is 0.182. The van der Waals surface area contributed by atoms with E-state index in [1.807, 2.05) is 66.3 Å². The summed E-state index contributed by atoms with van der Waals surface area (Å²) in [6.07, 6.45) is 6.74. The van der Waals surface area contributed by atoms with Gasteiger partial charge in [-0.05, 0) is 35.4 Å². The first kappa shape index (κ1) is 19.4. The van der Waals surface area contributed by atoms with Gasteiger partial charge in [-0.1, -0.05) is 24.3 Å². The standard InChI is InChI=1S/C22H22N6O2/c1-27-12-11-24-21(27)20(17-7-9-19(30-2)10-8-17)26-22(29)18-5-3-16(4-6-18)13-28-15-23-14-25-28/h3-12,14-15,20H,13H2,1-2H3,(H,26,29). The molecule has 8 nitrogen and oxygen atoms in total. The Hall–Kier alpha value is -3.94. The molecule has 2 aromatic carbocycles. The zero-order valence-corrected chi connectivity index (χ0v) is 16.8. The van der Waals surface area contributed by atoms with Gasteiger partial charge in [0.05, 0.1) is 13.7 Å². The van der Waals surface area contributed by atoms with Crippen molar-refractivity contribution in [3.05, 3.63) is 96.1 Å². The third-order valence-electron chi connectivity index (χ3n) is 4.87. The third-order valence-corrected chi connectivity index (χ3v) is 4.87. The average molecular weight is 402 g/mol. The third kappa shape index (κ3) is 4.22. The van der Waals surface area contributed by atoms with Crippen LogP contribution in [0.2, 0.25) is 0 Å². The summed E-state index contributed by atoms with van der Waals surface area (Å²) in [5.74, 6) is 1.33. The number of rotatable bonds is 7. The number of nitrogens with one attached hydrogen (secondary N) is 1. The van der Waals surface area contributed by atoms with E-state index in [1.54, 1.807) is 24.3 Å². The summed E-state index contributed by atoms with van der Waals surface area (Å²) in [5, 5.41) is 7.20. The molecule has 152 valence electrons. The predicted molar refractivity (Wildman–Crippen MR) is 111 cm³/mol. The summed E-state index contributed by atoms with van der Waals surface area (Å²) in [6, 6.07) is 14.7. The van der Waals surface area contributed by atoms with Crippen LogP contribution in [0.4, 0.5) is 0 Å². The molecule has 0 bridgehead atoms. The summed E-state index contributed by atoms with van der Waals surface area (Å²) < 4.78 is 8.88. The van der Waals surface area contributed by atoms with Gasteiger partial charge in [-0.3, -0.25) is 4.79 Å². The van der Waals surface area contributed by atoms with E-state index in [0.717, 1.165) is 22.7 Å². The second-order valence-corrected chi connectivity index (χ2v) is 6.87. The molecule has 8 heteroatoms. The molecule has 0 saturated heterocycles. The number of nitrogens with zero attached hydrogens (tertiary/aromatic N) is 5. The Kier molecular flexibility index (Phi) is 5.56. The molecule has 0 fully saturated rings. The predicted octanol–water partition coefficient (Wildman–Crippen LogP) is 2.59. The number of aromatic nitrogens is 5. The number of amides is 1. The molecule has 0 aliphatic carbocycles. The molecule has 0 spiro atoms. The van der Waals surface area contributed by atoms with E-state index < -0.39 is 6.04 Å². The van der Waals surface area contributed by atoms with E-state index in [0.29, 0.717) is 12.1 Å². The summed E-state index contributed by atoms with van der Waals surface area (Å²) in [4.78, 5) is 21.4. The van der Waals surface area contributed by atoms with Crippen molar-refractivity contribution in [3.63, 3.8) is 0 Å². The van der Waals surface area contributed by atoms with Crippen LogP contribution in [-0.4, -0.2) is 37.3 Å². The average Bonchev–Trinajstić information content (AvgIpc) is 3.44. The maximum absolute atomic E-state index is 13.0. The molecule has 30 heavy (non-hydrogen) atoms. The van der Waals surface area contributed by atoms with Crippen LogP contribution in [0.5, 0.6) is 5.75 Å². The van der Waals surface area contributed by atoms with Crippen LogP contribution in [0, 0.1) is 0 Å². The number of hydrogen-bond acceptors (Lipinski definition) is 5. The SMILES string of the molecule is COc1ccc(C(NC(=O)c2ccc(Cn3cncn3)cc2)c2nccn2C)cc1. The molecule has 1 N–H and O–H groups in total. The van der Waals surface area contributed by atoms with Gasteiger partial charge in [0.15, 0.2) is 0 Å². The topological polar surface area (TPSA) is 86.9 Å². The van der Waals surface area contributed by atoms with Crippen LogP contribution in [-0.2, 0) is 13.6 Å². The molecule has 1 atom stereocenters. The summed E-state index contributed by atoms with van der Waals surface area (Å²) in [7, 11) is 3.53. The Morgan fingerprint density at radius 3 is 2.50 bits per heavy atom. The molecule has 1 unspecified atom stereocenters. The zero-order chi connectivity index (χ0) is 20.9. The maximum atomic E-state index is 13.0. The van der Waals surface area contributed by atoms with Gasteiger partial charge < -0.3 is 14.6 Å². The summed E-state index contributed by atoms with van der Waals surface area (Å²) in [6.45, 7) is 0.601. The van der Waals surface area contributed by atoms with Crippen LogP contribution in [0.25, 0.3) is 0 Å². The fourth-order valence-corrected chi connectivity index (χ4v) is 3.23. The lowest BCUT2D eigenvalue weighted by Gasteiger charge is -2.19. The lowest BCUT2D eigenvalue weighted by molar-refractivity contribution is 0.0941. The van der Waals surface area contributed by atoms with Gasteiger partial charge in [0.25, 0.3) is 5.91 Å². The van der Waals surface area contributed by atoms with Gasteiger partial charge in [-0.2, -0.15) is 5.10 Å². The highest BCUT2D eigenvalue weighted by Crippen LogP contribution is 2.23. The minimum atomic E-state index is -0.391. The molecule has 1 amide bonds. The summed E-state index contributed by atoms with van der Waals surface area (Å²) in [5.41, 5.74) is 2.53. The minimum absolute atomic E-state index is 0.175. The van der Waals surface area contributed by atoms with E-state index in [2.05, 4.69) is 20.4 Å². The Bertz CT molecular complexity index is 1100. The Labute approximate surface area is 174 Å². The molecular weight excluding hydrogens is 380 g/mol. The Balaban J connectivity index is 1.54. The number of carbonyl (C=O) groups is 1. The highest BCUT2D eigenvalue weighted by Gasteiger charge is 2.21. The number of benzene rings is 2. The van der Waals surface area contributed by atoms with E-state index in [4.69, 9.17) is 4.74 Å². The largest absolute Gasteiger partial charge is 0.497 e. The second-order valence-electron chi connectivity index (χ2n) is 6.87. The number of carbonyl (C=O) groups excluding carboxylic acids is 1. The number of aryl methyl sites for hydroxylation is 1. The van der Waals surface area contributed by atoms with Crippen LogP contribution in [0.3, 0.4) is 0 Å². The van der Waals surface area contributed by atoms with Crippen LogP contribution >= 0.6 is 0 Å². The summed E-state index contributed by atoms with van der Waals surface area (Å²) >= 11 is 0. The van der Waals surface area contributed by atoms with E-state index in [9.17, 15) is 4.79 Å². The van der Waals surface area contributed by atoms with Crippen molar-refractivity contribution in [1.82, 2.24) is 29.6 Å². The van der Waals surface area contributed by atoms with Crippen LogP contribution in [0.1, 0.15) is 33.4 Å². The zero-order valence-electron chi connectivity index (χ0n) is 16.8. The molecule has 4 aromatic rings. The van der Waals surface area contributed by atoms with Gasteiger partial charge >= 0.3 is 0 Å². The first-order valence-corrected chi connectivity index (χ1v) is 9.47. The highest BCUT2D eigenvalue weighted by molar-refractivity contribution is 5.94. The number of imidazole rings is 1. The fourth-order valence-electron chi connectivity index (χ4n) is 3.23. The van der Waals surface area contributed by atoms with Gasteiger partial charge in [-0.25, -0.2) is 14.6 Å². The quantitative estimate of drug-likeness (QED) is 0.513. The molecule has 0 saturated carbocycles. The van der Waals surface area contributed by atoms with Crippen molar-refractivity contribution in [3.8, 4) is 5.75 Å². The monoisotopic (exact) mass is 402 g/mol. The normalized spacial score (nSPS) is 11.8. The second kappa shape index (κ2) is 8.60. The van der Waals surface area contributed by atoms with Crippen LogP contribution in [0.15, 0.2) is 73.6 Å². The minimum Gasteiger partial charge on any atom is -0.497 e. The molecule has 2 aromatic heterocycles. The van der Waals surface area contributed by atoms with Gasteiger partial charge in [-0.15, -0.1) is 0 Å². The van der Waals surface area contributed by atoms with Crippen molar-refractivity contribution in [2.24, 2.45) is 7.05 Å². The lowest BCUT2D eigenvalue weighted by atomic mass is 10.0. The first-order chi connectivity index (χ1) is 14.6. The Morgan fingerprint density at radius 1 is 1.13 bits per heavy atom. The van der Waals surface area contributed by atoms with Crippen molar-refractivity contribution < 1.29 is 9.53 Å². The molecule has 0 radical (unpaired) electrons. The van der Waals surface area contributed by atoms with Crippen molar-refractivity contribution in [1.29, 1.82) is 0 Å². The van der Waals surface area contributed by atoms with Crippen molar-refractivity contribution in [2.45, 2.75) is 12.6 Å². The highest BCUT2D eigenvalue weighted by atomic mass is 16.5. The van der Waals surface area contributed by atoms with E-state index in [1.165, 1.54) is 6.33 Å². The lowest BCUT2D eigenvalue weighted by Crippen LogP contribution is -2.31. The Morgan fingerprint density at radius 2 is 1.90 bits per heavy atom. The maximum Gasteiger partial charge on any atom is 0.252 e. The van der Waals surface area contributed by atoms with Gasteiger partial charge in [0, 0.05) is 25.0 Å². The van der Waals surface area contributed by atoms with E-state index >= 15 is 0 Å². The number of hydrogen-bond donors (Lipinski definition) is 1. The first-order valence-electron chi connectivity index (χ1n) is 9.47. The molecular formula is C22H22N6O2. The van der Waals surface area contributed by atoms with Crippen molar-refractivity contribution >= 4 is 5.91 Å². The van der Waals surface area contributed by atoms with E-state index in [-0.39, 0.29) is 5.91 Å². The van der Waals surface area contributed by atoms with Crippen molar-refractivity contribution in [2.75, 3.05) is 7.11 Å². The van der Waals surface area contributed by atoms with Gasteiger partial charge in [0.2, 0.25) is 0 Å². The number of methoxy groups -OCH3 is 1. The smallest absolute Gasteiger partial charge is 0.252 e. The van der Waals surface area contributed by atoms with Gasteiger partial charge in [0.1, 0.15) is 30.3 Å². The molecule has 0 aliphatic heterocycles. The molecule has 0 aliphatic rings. The molecule has 2 heterocycles. The molecule has 4 rings (SSSR count). The van der Waals surface area contributed by atoms with Crippen LogP contribution < -0.4 is 10.1 Å². The number of ether oxygens (including phenoxy) is 1.